The molecule has 0 saturated carbocycles. The fourth-order valence-corrected chi connectivity index (χ4v) is 1.49. The van der Waals surface area contributed by atoms with Crippen molar-refractivity contribution in [3.05, 3.63) is 35.1 Å². The molecule has 1 aromatic rings. The molecule has 0 aliphatic heterocycles. The highest BCUT2D eigenvalue weighted by Gasteiger charge is 2.22. The maximum atomic E-state index is 13.1. The summed E-state index contributed by atoms with van der Waals surface area (Å²) < 4.78 is 13.1. The Kier molecular flexibility index (Phi) is 3.24. The molecule has 0 saturated heterocycles. The minimum Gasteiger partial charge on any atom is -0.384 e. The van der Waals surface area contributed by atoms with E-state index in [1.165, 1.54) is 12.1 Å². The van der Waals surface area contributed by atoms with E-state index in [2.05, 4.69) is 5.32 Å². The number of aryl methyl sites for hydroxylation is 1. The maximum absolute atomic E-state index is 13.1. The van der Waals surface area contributed by atoms with Crippen LogP contribution in [0.15, 0.2) is 18.2 Å². The van der Waals surface area contributed by atoms with Crippen LogP contribution >= 0.6 is 0 Å². The molecule has 0 fully saturated rings. The summed E-state index contributed by atoms with van der Waals surface area (Å²) in [7, 11) is 1.75. The van der Waals surface area contributed by atoms with E-state index >= 15 is 0 Å². The van der Waals surface area contributed by atoms with Crippen molar-refractivity contribution in [1.82, 2.24) is 5.32 Å². The summed E-state index contributed by atoms with van der Waals surface area (Å²) in [5, 5.41) is 12.9. The first-order valence-corrected chi connectivity index (χ1v) is 4.60. The molecule has 1 atom stereocenters. The molecule has 14 heavy (non-hydrogen) atoms. The number of aliphatic hydroxyl groups is 1. The molecule has 2 nitrogen and oxygen atoms in total. The lowest BCUT2D eigenvalue weighted by Gasteiger charge is -2.23. The number of rotatable bonds is 3. The lowest BCUT2D eigenvalue weighted by Crippen LogP contribution is -2.33. The van der Waals surface area contributed by atoms with Gasteiger partial charge >= 0.3 is 0 Å². The second kappa shape index (κ2) is 4.07. The second-order valence-electron chi connectivity index (χ2n) is 3.82. The summed E-state index contributed by atoms with van der Waals surface area (Å²) in [6.07, 6.45) is 0. The number of likely N-dealkylation sites (N-methyl/N-ethyl adjacent to an activating group) is 1. The first kappa shape index (κ1) is 11.1. The van der Waals surface area contributed by atoms with Crippen LogP contribution in [0.1, 0.15) is 18.1 Å². The summed E-state index contributed by atoms with van der Waals surface area (Å²) >= 11 is 0. The Morgan fingerprint density at radius 1 is 1.43 bits per heavy atom. The molecule has 0 heterocycles. The van der Waals surface area contributed by atoms with Crippen molar-refractivity contribution in [2.45, 2.75) is 19.4 Å². The lowest BCUT2D eigenvalue weighted by molar-refractivity contribution is 0.0588. The Balaban J connectivity index is 3.05. The van der Waals surface area contributed by atoms with Crippen molar-refractivity contribution in [3.63, 3.8) is 0 Å². The van der Waals surface area contributed by atoms with Crippen molar-refractivity contribution in [3.8, 4) is 0 Å². The van der Waals surface area contributed by atoms with Gasteiger partial charge in [0.05, 0.1) is 5.60 Å². The van der Waals surface area contributed by atoms with Gasteiger partial charge in [0.25, 0.3) is 0 Å². The van der Waals surface area contributed by atoms with Crippen molar-refractivity contribution in [2.75, 3.05) is 13.6 Å². The van der Waals surface area contributed by atoms with Gasteiger partial charge < -0.3 is 10.4 Å². The molecule has 78 valence electrons. The molecule has 1 aromatic carbocycles. The van der Waals surface area contributed by atoms with E-state index in [9.17, 15) is 9.50 Å². The van der Waals surface area contributed by atoms with Crippen LogP contribution in [0.25, 0.3) is 0 Å². The summed E-state index contributed by atoms with van der Waals surface area (Å²) in [5.74, 6) is -0.309. The lowest BCUT2D eigenvalue weighted by atomic mass is 9.94. The van der Waals surface area contributed by atoms with E-state index in [-0.39, 0.29) is 5.82 Å². The zero-order chi connectivity index (χ0) is 10.8. The average molecular weight is 197 g/mol. The predicted molar refractivity (Wildman–Crippen MR) is 54.6 cm³/mol. The molecular weight excluding hydrogens is 181 g/mol. The van der Waals surface area contributed by atoms with Gasteiger partial charge in [-0.3, -0.25) is 0 Å². The molecule has 3 heteroatoms. The Bertz CT molecular complexity index is 303. The van der Waals surface area contributed by atoms with Gasteiger partial charge in [0.15, 0.2) is 0 Å². The molecule has 0 aliphatic carbocycles. The average Bonchev–Trinajstić information content (AvgIpc) is 2.02. The summed E-state index contributed by atoms with van der Waals surface area (Å²) in [4.78, 5) is 0. The number of halogens is 1. The van der Waals surface area contributed by atoms with Gasteiger partial charge in [0.1, 0.15) is 5.82 Å². The normalized spacial score (nSPS) is 15.2. The van der Waals surface area contributed by atoms with Gasteiger partial charge in [-0.05, 0) is 44.2 Å². The van der Waals surface area contributed by atoms with Crippen molar-refractivity contribution >= 4 is 0 Å². The molecule has 0 bridgehead atoms. The Labute approximate surface area is 83.8 Å². The number of benzene rings is 1. The topological polar surface area (TPSA) is 32.3 Å². The SMILES string of the molecule is CNCC(C)(O)c1cc(C)cc(F)c1. The molecule has 0 radical (unpaired) electrons. The highest BCUT2D eigenvalue weighted by molar-refractivity contribution is 5.28. The Hall–Kier alpha value is -0.930. The molecule has 2 N–H and O–H groups in total. The highest BCUT2D eigenvalue weighted by atomic mass is 19.1. The third-order valence-corrected chi connectivity index (χ3v) is 2.19. The van der Waals surface area contributed by atoms with E-state index < -0.39 is 5.60 Å². The van der Waals surface area contributed by atoms with Crippen molar-refractivity contribution in [2.24, 2.45) is 0 Å². The largest absolute Gasteiger partial charge is 0.384 e. The zero-order valence-electron chi connectivity index (χ0n) is 8.76. The van der Waals surface area contributed by atoms with Crippen LogP contribution < -0.4 is 5.32 Å². The van der Waals surface area contributed by atoms with Gasteiger partial charge in [0.2, 0.25) is 0 Å². The van der Waals surface area contributed by atoms with E-state index in [1.807, 2.05) is 6.92 Å². The molecule has 0 aromatic heterocycles. The monoisotopic (exact) mass is 197 g/mol. The number of hydrogen-bond acceptors (Lipinski definition) is 2. The smallest absolute Gasteiger partial charge is 0.123 e. The van der Waals surface area contributed by atoms with E-state index in [0.717, 1.165) is 5.56 Å². The molecule has 1 rings (SSSR count). The molecule has 0 aliphatic rings. The van der Waals surface area contributed by atoms with Gasteiger partial charge in [-0.2, -0.15) is 0 Å². The van der Waals surface area contributed by atoms with E-state index in [1.54, 1.807) is 20.0 Å². The van der Waals surface area contributed by atoms with Crippen molar-refractivity contribution < 1.29 is 9.50 Å². The fraction of sp³-hybridized carbons (Fsp3) is 0.455. The van der Waals surface area contributed by atoms with Crippen LogP contribution in [-0.2, 0) is 5.60 Å². The van der Waals surface area contributed by atoms with Crippen LogP contribution in [0, 0.1) is 12.7 Å². The van der Waals surface area contributed by atoms with Crippen molar-refractivity contribution in [1.29, 1.82) is 0 Å². The van der Waals surface area contributed by atoms with Crippen LogP contribution in [0.2, 0.25) is 0 Å². The minimum atomic E-state index is -1.03. The summed E-state index contributed by atoms with van der Waals surface area (Å²) in [6.45, 7) is 3.87. The quantitative estimate of drug-likeness (QED) is 0.770. The van der Waals surface area contributed by atoms with Gasteiger partial charge in [-0.15, -0.1) is 0 Å². The maximum Gasteiger partial charge on any atom is 0.123 e. The Morgan fingerprint density at radius 2 is 2.07 bits per heavy atom. The zero-order valence-corrected chi connectivity index (χ0v) is 8.76. The van der Waals surface area contributed by atoms with Gasteiger partial charge in [0, 0.05) is 6.54 Å². The Morgan fingerprint density at radius 3 is 2.57 bits per heavy atom. The van der Waals surface area contributed by atoms with Crippen LogP contribution in [0.4, 0.5) is 4.39 Å². The van der Waals surface area contributed by atoms with Crippen LogP contribution in [0.5, 0.6) is 0 Å². The second-order valence-corrected chi connectivity index (χ2v) is 3.82. The molecule has 0 spiro atoms. The molecular formula is C11H16FNO. The van der Waals surface area contributed by atoms with Gasteiger partial charge in [-0.1, -0.05) is 6.07 Å². The van der Waals surface area contributed by atoms with Gasteiger partial charge in [-0.25, -0.2) is 4.39 Å². The predicted octanol–water partition coefficient (Wildman–Crippen LogP) is 1.56. The van der Waals surface area contributed by atoms with E-state index in [0.29, 0.717) is 12.1 Å². The molecule has 0 amide bonds. The minimum absolute atomic E-state index is 0.309. The molecule has 1 unspecified atom stereocenters. The highest BCUT2D eigenvalue weighted by Crippen LogP contribution is 2.21. The number of hydrogen-bond donors (Lipinski definition) is 2. The first-order chi connectivity index (χ1) is 6.45. The third kappa shape index (κ3) is 2.53. The fourth-order valence-electron chi connectivity index (χ4n) is 1.49. The summed E-state index contributed by atoms with van der Waals surface area (Å²) in [5.41, 5.74) is 0.391. The van der Waals surface area contributed by atoms with Crippen LogP contribution in [0.3, 0.4) is 0 Å². The third-order valence-electron chi connectivity index (χ3n) is 2.19. The number of nitrogens with one attached hydrogen (secondary N) is 1. The summed E-state index contributed by atoms with van der Waals surface area (Å²) in [6, 6.07) is 4.60. The first-order valence-electron chi connectivity index (χ1n) is 4.60. The van der Waals surface area contributed by atoms with Crippen LogP contribution in [-0.4, -0.2) is 18.7 Å². The standard InChI is InChI=1S/C11H16FNO/c1-8-4-9(6-10(12)5-8)11(2,14)7-13-3/h4-6,13-14H,7H2,1-3H3. The van der Waals surface area contributed by atoms with E-state index in [4.69, 9.17) is 0 Å².